The van der Waals surface area contributed by atoms with Crippen molar-refractivity contribution in [3.8, 4) is 17.0 Å². The van der Waals surface area contributed by atoms with Crippen molar-refractivity contribution >= 4 is 35.2 Å². The van der Waals surface area contributed by atoms with Gasteiger partial charge in [-0.3, -0.25) is 4.68 Å². The zero-order chi connectivity index (χ0) is 23.1. The summed E-state index contributed by atoms with van der Waals surface area (Å²) in [7, 11) is 1.84. The van der Waals surface area contributed by atoms with Gasteiger partial charge in [0.25, 0.3) is 0 Å². The summed E-state index contributed by atoms with van der Waals surface area (Å²) in [6.07, 6.45) is 5.65. The Kier molecular flexibility index (Phi) is 5.76. The van der Waals surface area contributed by atoms with E-state index in [-0.39, 0.29) is 12.0 Å². The Balaban J connectivity index is 1.47. The van der Waals surface area contributed by atoms with Crippen LogP contribution in [0, 0.1) is 0 Å². The highest BCUT2D eigenvalue weighted by Crippen LogP contribution is 2.42. The van der Waals surface area contributed by atoms with Gasteiger partial charge >= 0.3 is 6.03 Å². The maximum atomic E-state index is 13.0. The first-order valence-corrected chi connectivity index (χ1v) is 11.4. The quantitative estimate of drug-likeness (QED) is 0.566. The molecule has 0 saturated heterocycles. The van der Waals surface area contributed by atoms with Gasteiger partial charge in [-0.25, -0.2) is 14.8 Å². The standard InChI is InChI=1S/C22H23Cl2N7O2/c1-29(14-3-4-14)22(32)30-11-15-17(12-30)27-21(25)28-20(15)19-16(24)9-13(23)10-18(19)33-8-7-31-6-2-5-26-31/h2,5-6,9-10,14H,3-4,7-8,11-12H2,1H3,(H2,25,27,28). The molecule has 3 heterocycles. The van der Waals surface area contributed by atoms with Gasteiger partial charge in [-0.05, 0) is 31.0 Å². The van der Waals surface area contributed by atoms with Crippen molar-refractivity contribution in [2.45, 2.75) is 38.5 Å². The highest BCUT2D eigenvalue weighted by Gasteiger charge is 2.36. The van der Waals surface area contributed by atoms with Crippen LogP contribution in [0.1, 0.15) is 24.1 Å². The molecule has 0 radical (unpaired) electrons. The van der Waals surface area contributed by atoms with Crippen LogP contribution in [0.2, 0.25) is 10.0 Å². The summed E-state index contributed by atoms with van der Waals surface area (Å²) in [6, 6.07) is 5.48. The number of anilines is 1. The van der Waals surface area contributed by atoms with E-state index in [0.29, 0.717) is 65.0 Å². The Hall–Kier alpha value is -3.04. The summed E-state index contributed by atoms with van der Waals surface area (Å²) in [5, 5.41) is 5.01. The van der Waals surface area contributed by atoms with Gasteiger partial charge in [0.15, 0.2) is 0 Å². The molecule has 2 amide bonds. The number of amides is 2. The van der Waals surface area contributed by atoms with E-state index in [2.05, 4.69) is 15.1 Å². The van der Waals surface area contributed by atoms with Crippen LogP contribution >= 0.6 is 23.2 Å². The third-order valence-electron chi connectivity index (χ3n) is 5.86. The molecule has 1 aliphatic carbocycles. The van der Waals surface area contributed by atoms with Crippen molar-refractivity contribution < 1.29 is 9.53 Å². The first-order valence-electron chi connectivity index (χ1n) is 10.7. The first kappa shape index (κ1) is 21.8. The number of urea groups is 1. The Morgan fingerprint density at radius 3 is 2.82 bits per heavy atom. The number of halogens is 2. The lowest BCUT2D eigenvalue weighted by atomic mass is 10.0. The van der Waals surface area contributed by atoms with Gasteiger partial charge in [0.05, 0.1) is 41.6 Å². The average molecular weight is 488 g/mol. The molecule has 2 N–H and O–H groups in total. The molecule has 0 unspecified atom stereocenters. The molecule has 2 aromatic heterocycles. The largest absolute Gasteiger partial charge is 0.491 e. The molecule has 1 aromatic carbocycles. The lowest BCUT2D eigenvalue weighted by Crippen LogP contribution is -2.39. The van der Waals surface area contributed by atoms with Crippen LogP contribution in [-0.4, -0.2) is 55.3 Å². The van der Waals surface area contributed by atoms with Crippen molar-refractivity contribution in [3.63, 3.8) is 0 Å². The van der Waals surface area contributed by atoms with E-state index in [1.165, 1.54) is 0 Å². The number of nitrogens with zero attached hydrogens (tertiary/aromatic N) is 6. The summed E-state index contributed by atoms with van der Waals surface area (Å²) in [4.78, 5) is 25.4. The van der Waals surface area contributed by atoms with Crippen molar-refractivity contribution in [1.82, 2.24) is 29.5 Å². The lowest BCUT2D eigenvalue weighted by molar-refractivity contribution is 0.160. The Morgan fingerprint density at radius 1 is 1.27 bits per heavy atom. The summed E-state index contributed by atoms with van der Waals surface area (Å²) in [6.45, 7) is 1.64. The number of nitrogens with two attached hydrogens (primary N) is 1. The highest BCUT2D eigenvalue weighted by atomic mass is 35.5. The van der Waals surface area contributed by atoms with Crippen LogP contribution in [0.15, 0.2) is 30.6 Å². The second kappa shape index (κ2) is 8.72. The van der Waals surface area contributed by atoms with Gasteiger partial charge in [-0.2, -0.15) is 5.10 Å². The molecule has 5 rings (SSSR count). The van der Waals surface area contributed by atoms with Crippen molar-refractivity contribution in [3.05, 3.63) is 51.9 Å². The number of carbonyl (C=O) groups excluding carboxylic acids is 1. The summed E-state index contributed by atoms with van der Waals surface area (Å²) in [5.41, 5.74) is 8.70. The Morgan fingerprint density at radius 2 is 2.09 bits per heavy atom. The normalized spacial score (nSPS) is 14.9. The number of ether oxygens (including phenoxy) is 1. The second-order valence-corrected chi connectivity index (χ2v) is 9.06. The molecule has 1 fully saturated rings. The van der Waals surface area contributed by atoms with E-state index in [1.54, 1.807) is 32.8 Å². The molecule has 172 valence electrons. The molecule has 0 atom stereocenters. The van der Waals surface area contributed by atoms with Crippen LogP contribution in [0.4, 0.5) is 10.7 Å². The Bertz CT molecular complexity index is 1200. The molecule has 3 aromatic rings. The van der Waals surface area contributed by atoms with Crippen molar-refractivity contribution in [2.24, 2.45) is 0 Å². The molecular formula is C22H23Cl2N7O2. The molecule has 11 heteroatoms. The number of rotatable bonds is 6. The topological polar surface area (TPSA) is 102 Å². The minimum absolute atomic E-state index is 0.0297. The van der Waals surface area contributed by atoms with Crippen LogP contribution in [0.25, 0.3) is 11.3 Å². The fourth-order valence-corrected chi connectivity index (χ4v) is 4.60. The molecule has 2 aliphatic rings. The number of nitrogen functional groups attached to an aromatic ring is 1. The number of carbonyl (C=O) groups is 1. The fraction of sp³-hybridized carbons (Fsp3) is 0.364. The second-order valence-electron chi connectivity index (χ2n) is 8.21. The molecule has 1 saturated carbocycles. The summed E-state index contributed by atoms with van der Waals surface area (Å²) >= 11 is 12.9. The number of benzene rings is 1. The lowest BCUT2D eigenvalue weighted by Gasteiger charge is -2.24. The maximum absolute atomic E-state index is 13.0. The van der Waals surface area contributed by atoms with E-state index in [9.17, 15) is 4.79 Å². The molecule has 1 aliphatic heterocycles. The van der Waals surface area contributed by atoms with Gasteiger partial charge in [0, 0.05) is 36.1 Å². The number of fused-ring (bicyclic) bond motifs is 1. The Labute approximate surface area is 201 Å². The van der Waals surface area contributed by atoms with Gasteiger partial charge in [0.1, 0.15) is 12.4 Å². The van der Waals surface area contributed by atoms with Crippen molar-refractivity contribution in [2.75, 3.05) is 19.4 Å². The van der Waals surface area contributed by atoms with Gasteiger partial charge in [0.2, 0.25) is 5.95 Å². The third kappa shape index (κ3) is 4.43. The van der Waals surface area contributed by atoms with Gasteiger partial charge in [-0.15, -0.1) is 0 Å². The molecule has 0 spiro atoms. The molecular weight excluding hydrogens is 465 g/mol. The smallest absolute Gasteiger partial charge is 0.320 e. The number of hydrogen-bond acceptors (Lipinski definition) is 6. The van der Waals surface area contributed by atoms with Gasteiger partial charge in [-0.1, -0.05) is 23.2 Å². The minimum Gasteiger partial charge on any atom is -0.491 e. The fourth-order valence-electron chi connectivity index (χ4n) is 4.03. The third-order valence-corrected chi connectivity index (χ3v) is 6.38. The van der Waals surface area contributed by atoms with E-state index in [4.69, 9.17) is 33.7 Å². The van der Waals surface area contributed by atoms with Crippen LogP contribution in [-0.2, 0) is 19.6 Å². The van der Waals surface area contributed by atoms with Crippen molar-refractivity contribution in [1.29, 1.82) is 0 Å². The van der Waals surface area contributed by atoms with E-state index in [0.717, 1.165) is 18.4 Å². The predicted molar refractivity (Wildman–Crippen MR) is 125 cm³/mol. The molecule has 9 nitrogen and oxygen atoms in total. The SMILES string of the molecule is CN(C(=O)N1Cc2nc(N)nc(-c3c(Cl)cc(Cl)cc3OCCn3cccn3)c2C1)C1CC1. The van der Waals surface area contributed by atoms with Crippen LogP contribution in [0.3, 0.4) is 0 Å². The zero-order valence-electron chi connectivity index (χ0n) is 18.0. The molecule has 33 heavy (non-hydrogen) atoms. The number of aromatic nitrogens is 4. The number of hydrogen-bond donors (Lipinski definition) is 1. The van der Waals surface area contributed by atoms with E-state index < -0.39 is 0 Å². The highest BCUT2D eigenvalue weighted by molar-refractivity contribution is 6.37. The van der Waals surface area contributed by atoms with Crippen LogP contribution < -0.4 is 10.5 Å². The predicted octanol–water partition coefficient (Wildman–Crippen LogP) is 3.84. The van der Waals surface area contributed by atoms with E-state index in [1.807, 2.05) is 19.3 Å². The average Bonchev–Trinajstić information content (AvgIpc) is 3.32. The zero-order valence-corrected chi connectivity index (χ0v) is 19.6. The van der Waals surface area contributed by atoms with E-state index >= 15 is 0 Å². The summed E-state index contributed by atoms with van der Waals surface area (Å²) in [5.74, 6) is 0.599. The maximum Gasteiger partial charge on any atom is 0.320 e. The monoisotopic (exact) mass is 487 g/mol. The van der Waals surface area contributed by atoms with Gasteiger partial charge < -0.3 is 20.3 Å². The summed E-state index contributed by atoms with van der Waals surface area (Å²) < 4.78 is 7.83. The van der Waals surface area contributed by atoms with Crippen LogP contribution in [0.5, 0.6) is 5.75 Å². The molecule has 0 bridgehead atoms. The minimum atomic E-state index is -0.0297. The first-order chi connectivity index (χ1) is 15.9.